The van der Waals surface area contributed by atoms with Crippen molar-refractivity contribution in [3.05, 3.63) is 34.9 Å². The molecule has 0 aromatic heterocycles. The maximum atomic E-state index is 12.1. The van der Waals surface area contributed by atoms with E-state index in [0.717, 1.165) is 50.0 Å². The molecular formula is C18H27ClN4O. The van der Waals surface area contributed by atoms with E-state index in [1.165, 1.54) is 5.56 Å². The molecule has 24 heavy (non-hydrogen) atoms. The van der Waals surface area contributed by atoms with Crippen LogP contribution in [0.25, 0.3) is 0 Å². The van der Waals surface area contributed by atoms with E-state index in [1.54, 1.807) is 0 Å². The molecule has 2 rings (SSSR count). The number of likely N-dealkylation sites (tertiary alicyclic amines) is 1. The van der Waals surface area contributed by atoms with Crippen molar-refractivity contribution in [3.8, 4) is 0 Å². The highest BCUT2D eigenvalue weighted by Gasteiger charge is 2.17. The van der Waals surface area contributed by atoms with E-state index in [4.69, 9.17) is 11.6 Å². The van der Waals surface area contributed by atoms with Gasteiger partial charge in [-0.3, -0.25) is 9.79 Å². The second-order valence-electron chi connectivity index (χ2n) is 6.06. The Morgan fingerprint density at radius 3 is 2.58 bits per heavy atom. The number of hydrogen-bond donors (Lipinski definition) is 1. The van der Waals surface area contributed by atoms with E-state index in [-0.39, 0.29) is 5.91 Å². The molecule has 0 aliphatic carbocycles. The van der Waals surface area contributed by atoms with E-state index in [0.29, 0.717) is 13.0 Å². The summed E-state index contributed by atoms with van der Waals surface area (Å²) in [7, 11) is 2.00. The predicted octanol–water partition coefficient (Wildman–Crippen LogP) is 2.75. The van der Waals surface area contributed by atoms with Gasteiger partial charge in [-0.15, -0.1) is 0 Å². The lowest BCUT2D eigenvalue weighted by atomic mass is 10.2. The Bertz CT molecular complexity index is 553. The molecule has 0 saturated carbocycles. The molecule has 1 saturated heterocycles. The molecule has 1 amide bonds. The highest BCUT2D eigenvalue weighted by Crippen LogP contribution is 2.11. The van der Waals surface area contributed by atoms with Crippen molar-refractivity contribution in [3.63, 3.8) is 0 Å². The number of carbonyl (C=O) groups is 1. The van der Waals surface area contributed by atoms with Crippen LogP contribution < -0.4 is 5.32 Å². The van der Waals surface area contributed by atoms with Crippen LogP contribution in [0.2, 0.25) is 5.02 Å². The zero-order chi connectivity index (χ0) is 17.4. The first-order valence-electron chi connectivity index (χ1n) is 8.62. The first kappa shape index (κ1) is 18.6. The highest BCUT2D eigenvalue weighted by molar-refractivity contribution is 6.30. The predicted molar refractivity (Wildman–Crippen MR) is 99.3 cm³/mol. The zero-order valence-corrected chi connectivity index (χ0v) is 15.4. The van der Waals surface area contributed by atoms with Gasteiger partial charge in [0.2, 0.25) is 5.91 Å². The lowest BCUT2D eigenvalue weighted by Gasteiger charge is -2.22. The van der Waals surface area contributed by atoms with Crippen molar-refractivity contribution >= 4 is 23.5 Å². The van der Waals surface area contributed by atoms with E-state index in [2.05, 4.69) is 15.2 Å². The van der Waals surface area contributed by atoms with Crippen molar-refractivity contribution in [1.29, 1.82) is 0 Å². The first-order valence-corrected chi connectivity index (χ1v) is 8.99. The third-order valence-electron chi connectivity index (χ3n) is 4.08. The largest absolute Gasteiger partial charge is 0.357 e. The number of guanidine groups is 1. The van der Waals surface area contributed by atoms with Crippen LogP contribution in [0.15, 0.2) is 29.3 Å². The van der Waals surface area contributed by atoms with E-state index in [9.17, 15) is 4.79 Å². The van der Waals surface area contributed by atoms with Gasteiger partial charge in [0, 0.05) is 44.7 Å². The number of benzene rings is 1. The van der Waals surface area contributed by atoms with Crippen LogP contribution in [-0.4, -0.2) is 54.9 Å². The molecule has 0 unspecified atom stereocenters. The van der Waals surface area contributed by atoms with Crippen LogP contribution in [0.3, 0.4) is 0 Å². The van der Waals surface area contributed by atoms with Gasteiger partial charge in [-0.25, -0.2) is 0 Å². The molecule has 0 bridgehead atoms. The standard InChI is InChI=1S/C18H27ClN4O/c1-3-20-18(21-11-10-17(24)23-12-4-5-13-23)22(2)14-15-6-8-16(19)9-7-15/h6-9H,3-5,10-14H2,1-2H3,(H,20,21). The molecule has 1 aromatic rings. The number of halogens is 1. The molecule has 1 aromatic carbocycles. The molecular weight excluding hydrogens is 324 g/mol. The minimum absolute atomic E-state index is 0.215. The van der Waals surface area contributed by atoms with E-state index >= 15 is 0 Å². The maximum absolute atomic E-state index is 12.1. The molecule has 1 aliphatic heterocycles. The lowest BCUT2D eigenvalue weighted by molar-refractivity contribution is -0.129. The molecule has 6 heteroatoms. The second kappa shape index (κ2) is 9.52. The van der Waals surface area contributed by atoms with Gasteiger partial charge in [0.25, 0.3) is 0 Å². The SMILES string of the molecule is CCNC(=NCCC(=O)N1CCCC1)N(C)Cc1ccc(Cl)cc1. The van der Waals surface area contributed by atoms with Crippen LogP contribution in [0.5, 0.6) is 0 Å². The van der Waals surface area contributed by atoms with Gasteiger partial charge in [0.15, 0.2) is 5.96 Å². The number of amides is 1. The monoisotopic (exact) mass is 350 g/mol. The number of aliphatic imine (C=N–C) groups is 1. The molecule has 1 aliphatic rings. The van der Waals surface area contributed by atoms with Crippen molar-refractivity contribution in [2.45, 2.75) is 32.7 Å². The van der Waals surface area contributed by atoms with Crippen molar-refractivity contribution in [1.82, 2.24) is 15.1 Å². The van der Waals surface area contributed by atoms with E-state index in [1.807, 2.05) is 43.1 Å². The van der Waals surface area contributed by atoms with Crippen molar-refractivity contribution in [2.75, 3.05) is 33.2 Å². The van der Waals surface area contributed by atoms with Crippen LogP contribution in [0.1, 0.15) is 31.7 Å². The number of rotatable bonds is 6. The second-order valence-corrected chi connectivity index (χ2v) is 6.49. The fourth-order valence-corrected chi connectivity index (χ4v) is 2.92. The summed E-state index contributed by atoms with van der Waals surface area (Å²) in [6, 6.07) is 7.81. The van der Waals surface area contributed by atoms with Crippen molar-refractivity contribution in [2.24, 2.45) is 4.99 Å². The molecule has 5 nitrogen and oxygen atoms in total. The van der Waals surface area contributed by atoms with Crippen LogP contribution >= 0.6 is 11.6 Å². The number of hydrogen-bond acceptors (Lipinski definition) is 2. The smallest absolute Gasteiger partial charge is 0.224 e. The zero-order valence-electron chi connectivity index (χ0n) is 14.6. The van der Waals surface area contributed by atoms with Crippen LogP contribution in [-0.2, 0) is 11.3 Å². The number of nitrogens with zero attached hydrogens (tertiary/aromatic N) is 3. The minimum Gasteiger partial charge on any atom is -0.357 e. The topological polar surface area (TPSA) is 47.9 Å². The van der Waals surface area contributed by atoms with E-state index < -0.39 is 0 Å². The summed E-state index contributed by atoms with van der Waals surface area (Å²) >= 11 is 5.93. The summed E-state index contributed by atoms with van der Waals surface area (Å²) < 4.78 is 0. The Kier molecular flexibility index (Phi) is 7.37. The summed E-state index contributed by atoms with van der Waals surface area (Å²) in [6.07, 6.45) is 2.73. The van der Waals surface area contributed by atoms with Crippen LogP contribution in [0, 0.1) is 0 Å². The number of nitrogens with one attached hydrogen (secondary N) is 1. The Balaban J connectivity index is 1.88. The van der Waals surface area contributed by atoms with Crippen LogP contribution in [0.4, 0.5) is 0 Å². The Hall–Kier alpha value is -1.75. The van der Waals surface area contributed by atoms with Gasteiger partial charge in [-0.05, 0) is 37.5 Å². The van der Waals surface area contributed by atoms with Gasteiger partial charge in [-0.2, -0.15) is 0 Å². The number of carbonyl (C=O) groups excluding carboxylic acids is 1. The highest BCUT2D eigenvalue weighted by atomic mass is 35.5. The first-order chi connectivity index (χ1) is 11.6. The average Bonchev–Trinajstić information content (AvgIpc) is 3.10. The Morgan fingerprint density at radius 2 is 1.96 bits per heavy atom. The molecule has 1 fully saturated rings. The fourth-order valence-electron chi connectivity index (χ4n) is 2.79. The van der Waals surface area contributed by atoms with Gasteiger partial charge in [0.05, 0.1) is 6.54 Å². The molecule has 1 N–H and O–H groups in total. The minimum atomic E-state index is 0.215. The quantitative estimate of drug-likeness (QED) is 0.634. The fraction of sp³-hybridized carbons (Fsp3) is 0.556. The Labute approximate surface area is 149 Å². The summed E-state index contributed by atoms with van der Waals surface area (Å²) in [6.45, 7) is 5.90. The third kappa shape index (κ3) is 5.71. The molecule has 0 atom stereocenters. The van der Waals surface area contributed by atoms with Gasteiger partial charge in [-0.1, -0.05) is 23.7 Å². The van der Waals surface area contributed by atoms with Gasteiger partial charge >= 0.3 is 0 Å². The maximum Gasteiger partial charge on any atom is 0.224 e. The molecule has 0 radical (unpaired) electrons. The lowest BCUT2D eigenvalue weighted by Crippen LogP contribution is -2.38. The Morgan fingerprint density at radius 1 is 1.29 bits per heavy atom. The summed E-state index contributed by atoms with van der Waals surface area (Å²) in [5.74, 6) is 1.04. The van der Waals surface area contributed by atoms with Gasteiger partial charge < -0.3 is 15.1 Å². The van der Waals surface area contributed by atoms with Gasteiger partial charge in [0.1, 0.15) is 0 Å². The summed E-state index contributed by atoms with van der Waals surface area (Å²) in [4.78, 5) is 20.7. The summed E-state index contributed by atoms with van der Waals surface area (Å²) in [5, 5.41) is 4.02. The average molecular weight is 351 g/mol. The molecule has 0 spiro atoms. The molecule has 1 heterocycles. The summed E-state index contributed by atoms with van der Waals surface area (Å²) in [5.41, 5.74) is 1.17. The molecule has 132 valence electrons. The van der Waals surface area contributed by atoms with Crippen molar-refractivity contribution < 1.29 is 4.79 Å². The normalized spacial score (nSPS) is 14.8. The third-order valence-corrected chi connectivity index (χ3v) is 4.33.